The molecule has 0 saturated carbocycles. The largest absolute Gasteiger partial charge is 0.468 e. The topological polar surface area (TPSA) is 102 Å². The standard InChI is InChI=1S/C25H33N3O6Si/c1-6-35(7-2,8-3)20-19-15-25(21(29)33-4,22(30)34-5)14-17(19)16-26-23(31)27(24(32)28(20)26)18-12-10-9-11-13-18/h9-13,20H,6-8,14-16H2,1-5H3. The summed E-state index contributed by atoms with van der Waals surface area (Å²) in [6.45, 7) is 6.56. The number of hydrogen-bond donors (Lipinski definition) is 0. The molecule has 10 heteroatoms. The monoisotopic (exact) mass is 499 g/mol. The quantitative estimate of drug-likeness (QED) is 0.251. The van der Waals surface area contributed by atoms with E-state index in [9.17, 15) is 19.2 Å². The predicted octanol–water partition coefficient (Wildman–Crippen LogP) is 2.83. The second-order valence-electron chi connectivity index (χ2n) is 9.51. The molecule has 2 aromatic rings. The summed E-state index contributed by atoms with van der Waals surface area (Å²) in [5, 5.41) is 0. The molecule has 0 spiro atoms. The zero-order chi connectivity index (χ0) is 25.5. The molecule has 35 heavy (non-hydrogen) atoms. The predicted molar refractivity (Wildman–Crippen MR) is 133 cm³/mol. The summed E-state index contributed by atoms with van der Waals surface area (Å²) in [5.74, 6) is -1.29. The molecule has 2 heterocycles. The van der Waals surface area contributed by atoms with E-state index in [2.05, 4.69) is 20.8 Å². The first kappa shape index (κ1) is 25.0. The average Bonchev–Trinajstić information content (AvgIpc) is 3.40. The van der Waals surface area contributed by atoms with Crippen LogP contribution >= 0.6 is 0 Å². The van der Waals surface area contributed by atoms with E-state index in [0.29, 0.717) is 5.69 Å². The van der Waals surface area contributed by atoms with Crippen molar-refractivity contribution in [3.63, 3.8) is 0 Å². The van der Waals surface area contributed by atoms with Crippen molar-refractivity contribution in [2.75, 3.05) is 14.2 Å². The van der Waals surface area contributed by atoms with Crippen LogP contribution in [-0.2, 0) is 25.6 Å². The summed E-state index contributed by atoms with van der Waals surface area (Å²) in [5.41, 5.74) is -0.348. The molecule has 0 N–H and O–H groups in total. The van der Waals surface area contributed by atoms with Gasteiger partial charge in [0.2, 0.25) is 0 Å². The van der Waals surface area contributed by atoms with Gasteiger partial charge in [-0.1, -0.05) is 57.1 Å². The molecule has 0 bridgehead atoms. The Morgan fingerprint density at radius 1 is 0.943 bits per heavy atom. The maximum atomic E-state index is 13.9. The van der Waals surface area contributed by atoms with Gasteiger partial charge in [0.05, 0.1) is 40.2 Å². The third-order valence-electron chi connectivity index (χ3n) is 8.30. The molecule has 1 aliphatic heterocycles. The highest BCUT2D eigenvalue weighted by Gasteiger charge is 2.58. The molecule has 0 fully saturated rings. The second kappa shape index (κ2) is 9.14. The van der Waals surface area contributed by atoms with Crippen LogP contribution in [-0.4, -0.2) is 48.2 Å². The molecule has 2 aliphatic rings. The Morgan fingerprint density at radius 2 is 1.51 bits per heavy atom. The van der Waals surface area contributed by atoms with E-state index >= 15 is 0 Å². The lowest BCUT2D eigenvalue weighted by atomic mass is 9.83. The van der Waals surface area contributed by atoms with Crippen LogP contribution in [0, 0.1) is 5.41 Å². The fourth-order valence-corrected chi connectivity index (χ4v) is 10.6. The van der Waals surface area contributed by atoms with Crippen LogP contribution in [0.2, 0.25) is 18.1 Å². The van der Waals surface area contributed by atoms with Crippen LogP contribution in [0.25, 0.3) is 5.69 Å². The van der Waals surface area contributed by atoms with Crippen LogP contribution in [0.1, 0.15) is 39.3 Å². The van der Waals surface area contributed by atoms with E-state index in [-0.39, 0.29) is 25.1 Å². The van der Waals surface area contributed by atoms with E-state index in [1.807, 2.05) is 6.07 Å². The van der Waals surface area contributed by atoms with Crippen LogP contribution in [0.4, 0.5) is 0 Å². The van der Waals surface area contributed by atoms with E-state index in [4.69, 9.17) is 9.47 Å². The van der Waals surface area contributed by atoms with E-state index in [1.165, 1.54) is 23.5 Å². The summed E-state index contributed by atoms with van der Waals surface area (Å²) in [7, 11) is 0.303. The Labute approximate surface area is 204 Å². The van der Waals surface area contributed by atoms with Crippen molar-refractivity contribution in [2.45, 2.75) is 64.0 Å². The third kappa shape index (κ3) is 3.49. The third-order valence-corrected chi connectivity index (χ3v) is 14.3. The Kier molecular flexibility index (Phi) is 6.52. The van der Waals surface area contributed by atoms with Crippen molar-refractivity contribution in [1.29, 1.82) is 0 Å². The van der Waals surface area contributed by atoms with E-state index in [1.54, 1.807) is 28.9 Å². The molecule has 1 aromatic heterocycles. The molecule has 0 saturated heterocycles. The highest BCUT2D eigenvalue weighted by molar-refractivity contribution is 6.81. The van der Waals surface area contributed by atoms with Gasteiger partial charge in [0.25, 0.3) is 0 Å². The van der Waals surface area contributed by atoms with Crippen molar-refractivity contribution < 1.29 is 19.1 Å². The molecule has 1 aliphatic carbocycles. The van der Waals surface area contributed by atoms with Gasteiger partial charge >= 0.3 is 23.3 Å². The van der Waals surface area contributed by atoms with Crippen LogP contribution in [0.15, 0.2) is 51.1 Å². The zero-order valence-corrected chi connectivity index (χ0v) is 22.0. The summed E-state index contributed by atoms with van der Waals surface area (Å²) >= 11 is 0. The lowest BCUT2D eigenvalue weighted by molar-refractivity contribution is -0.168. The van der Waals surface area contributed by atoms with Gasteiger partial charge in [0.1, 0.15) is 0 Å². The van der Waals surface area contributed by atoms with Gasteiger partial charge in [-0.15, -0.1) is 0 Å². The molecule has 1 unspecified atom stereocenters. The van der Waals surface area contributed by atoms with Crippen molar-refractivity contribution in [1.82, 2.24) is 13.9 Å². The van der Waals surface area contributed by atoms with Gasteiger partial charge in [-0.25, -0.2) is 23.5 Å². The summed E-state index contributed by atoms with van der Waals surface area (Å²) < 4.78 is 14.5. The Morgan fingerprint density at radius 3 is 2.03 bits per heavy atom. The molecule has 1 atom stereocenters. The minimum absolute atomic E-state index is 0.122. The number of aromatic nitrogens is 3. The molecule has 1 aromatic carbocycles. The van der Waals surface area contributed by atoms with Crippen LogP contribution in [0.3, 0.4) is 0 Å². The molecular formula is C25H33N3O6Si. The number of esters is 2. The van der Waals surface area contributed by atoms with Gasteiger partial charge in [-0.2, -0.15) is 0 Å². The van der Waals surface area contributed by atoms with Gasteiger partial charge in [-0.3, -0.25) is 9.59 Å². The maximum absolute atomic E-state index is 13.9. The average molecular weight is 500 g/mol. The first-order chi connectivity index (χ1) is 16.7. The van der Waals surface area contributed by atoms with E-state index < -0.39 is 36.8 Å². The Balaban J connectivity index is 1.98. The fourth-order valence-electron chi connectivity index (χ4n) is 6.17. The van der Waals surface area contributed by atoms with Gasteiger partial charge in [-0.05, 0) is 36.1 Å². The molecule has 9 nitrogen and oxygen atoms in total. The number of rotatable bonds is 7. The fraction of sp³-hybridized carbons (Fsp3) is 0.520. The minimum atomic E-state index is -2.22. The summed E-state index contributed by atoms with van der Waals surface area (Å²) in [6.07, 6.45) is 0.259. The second-order valence-corrected chi connectivity index (χ2v) is 14.9. The van der Waals surface area contributed by atoms with Gasteiger partial charge in [0, 0.05) is 0 Å². The minimum Gasteiger partial charge on any atom is -0.468 e. The number of carbonyl (C=O) groups is 2. The molecule has 0 amide bonds. The maximum Gasteiger partial charge on any atom is 0.352 e. The first-order valence-electron chi connectivity index (χ1n) is 12.1. The highest BCUT2D eigenvalue weighted by atomic mass is 28.3. The SMILES string of the molecule is CC[Si](CC)(CC)C1C2=C(Cn3c(=O)n(-c4ccccc4)c(=O)n31)CC(C(=O)OC)(C(=O)OC)C2. The smallest absolute Gasteiger partial charge is 0.352 e. The molecule has 188 valence electrons. The number of nitrogens with zero attached hydrogens (tertiary/aromatic N) is 3. The lowest BCUT2D eigenvalue weighted by Crippen LogP contribution is -2.51. The number of allylic oxidation sites excluding steroid dienone is 2. The van der Waals surface area contributed by atoms with Gasteiger partial charge in [0.15, 0.2) is 5.41 Å². The van der Waals surface area contributed by atoms with Crippen LogP contribution in [0.5, 0.6) is 0 Å². The first-order valence-corrected chi connectivity index (χ1v) is 14.8. The summed E-state index contributed by atoms with van der Waals surface area (Å²) in [6, 6.07) is 11.6. The number of methoxy groups -OCH3 is 2. The highest BCUT2D eigenvalue weighted by Crippen LogP contribution is 2.52. The Bertz CT molecular complexity index is 1270. The number of benzene rings is 1. The number of ether oxygens (including phenoxy) is 2. The van der Waals surface area contributed by atoms with Gasteiger partial charge < -0.3 is 9.47 Å². The zero-order valence-electron chi connectivity index (χ0n) is 21.0. The molecule has 4 rings (SSSR count). The van der Waals surface area contributed by atoms with Crippen molar-refractivity contribution >= 4 is 20.0 Å². The molecular weight excluding hydrogens is 466 g/mol. The lowest BCUT2D eigenvalue weighted by Gasteiger charge is -2.41. The van der Waals surface area contributed by atoms with Crippen LogP contribution < -0.4 is 11.4 Å². The number of carbonyl (C=O) groups excluding carboxylic acids is 2. The van der Waals surface area contributed by atoms with Crippen molar-refractivity contribution in [3.8, 4) is 5.69 Å². The number of hydrogen-bond acceptors (Lipinski definition) is 6. The summed E-state index contributed by atoms with van der Waals surface area (Å²) in [4.78, 5) is 53.4. The Hall–Kier alpha value is -3.14. The number of fused-ring (bicyclic) bond motifs is 1. The normalized spacial score (nSPS) is 18.7. The van der Waals surface area contributed by atoms with Crippen molar-refractivity contribution in [3.05, 3.63) is 62.4 Å². The van der Waals surface area contributed by atoms with Crippen molar-refractivity contribution in [2.24, 2.45) is 5.41 Å². The van der Waals surface area contributed by atoms with E-state index in [0.717, 1.165) is 29.3 Å². The number of para-hydroxylation sites is 1. The molecule has 0 radical (unpaired) electrons.